The lowest BCUT2D eigenvalue weighted by Crippen LogP contribution is -2.30. The lowest BCUT2D eigenvalue weighted by Gasteiger charge is -2.17. The van der Waals surface area contributed by atoms with Crippen molar-refractivity contribution in [2.75, 3.05) is 13.2 Å². The van der Waals surface area contributed by atoms with E-state index in [9.17, 15) is 4.79 Å². The molecule has 5 heteroatoms. The highest BCUT2D eigenvalue weighted by atomic mass is 16.7. The van der Waals surface area contributed by atoms with Crippen molar-refractivity contribution in [3.8, 4) is 0 Å². The number of esters is 1. The van der Waals surface area contributed by atoms with Crippen molar-refractivity contribution in [3.05, 3.63) is 0 Å². The third kappa shape index (κ3) is 0.973. The van der Waals surface area contributed by atoms with E-state index >= 15 is 0 Å². The Morgan fingerprint density at radius 2 is 2.43 bits per heavy atom. The van der Waals surface area contributed by atoms with Crippen molar-refractivity contribution >= 4 is 5.97 Å². The third-order valence-corrected chi connectivity index (χ3v) is 3.36. The van der Waals surface area contributed by atoms with Gasteiger partial charge in [-0.05, 0) is 12.8 Å². The number of carbonyl (C=O) groups is 1. The number of carbonyl (C=O) groups excluding carboxylic acids is 1. The van der Waals surface area contributed by atoms with Crippen molar-refractivity contribution < 1.29 is 19.5 Å². The highest BCUT2D eigenvalue weighted by Gasteiger charge is 2.58. The predicted octanol–water partition coefficient (Wildman–Crippen LogP) is -0.702. The molecule has 3 fully saturated rings. The van der Waals surface area contributed by atoms with E-state index in [-0.39, 0.29) is 30.6 Å². The van der Waals surface area contributed by atoms with Crippen LogP contribution >= 0.6 is 0 Å². The molecule has 0 spiro atoms. The summed E-state index contributed by atoms with van der Waals surface area (Å²) in [5.41, 5.74) is 0. The van der Waals surface area contributed by atoms with Crippen LogP contribution in [0.4, 0.5) is 0 Å². The van der Waals surface area contributed by atoms with Gasteiger partial charge in [0.25, 0.3) is 0 Å². The number of aliphatic hydroxyl groups excluding tert-OH is 1. The minimum absolute atomic E-state index is 0.145. The van der Waals surface area contributed by atoms with E-state index in [2.05, 4.69) is 0 Å². The average Bonchev–Trinajstić information content (AvgIpc) is 2.76. The lowest BCUT2D eigenvalue weighted by molar-refractivity contribution is -0.181. The summed E-state index contributed by atoms with van der Waals surface area (Å²) in [6.45, 7) is 0.747. The van der Waals surface area contributed by atoms with Crippen LogP contribution in [0.5, 0.6) is 0 Å². The molecule has 5 nitrogen and oxygen atoms in total. The largest absolute Gasteiger partial charge is 0.457 e. The SMILES string of the molecule is O=C1O[C@H](CO)[C@H]2ON3CCC[C@@H]3[C@@H]12. The fraction of sp³-hybridized carbons (Fsp3) is 0.889. The molecule has 0 aromatic carbocycles. The van der Waals surface area contributed by atoms with E-state index < -0.39 is 6.10 Å². The van der Waals surface area contributed by atoms with Crippen LogP contribution in [0.3, 0.4) is 0 Å². The highest BCUT2D eigenvalue weighted by molar-refractivity contribution is 5.77. The molecule has 0 unspecified atom stereocenters. The Labute approximate surface area is 81.5 Å². The zero-order valence-corrected chi connectivity index (χ0v) is 7.76. The summed E-state index contributed by atoms with van der Waals surface area (Å²) in [4.78, 5) is 17.1. The molecule has 1 N–H and O–H groups in total. The highest BCUT2D eigenvalue weighted by Crippen LogP contribution is 2.41. The molecule has 3 rings (SSSR count). The van der Waals surface area contributed by atoms with Gasteiger partial charge in [0.1, 0.15) is 12.0 Å². The molecular formula is C9H13NO4. The normalized spacial score (nSPS) is 46.5. The number of hydrogen-bond acceptors (Lipinski definition) is 5. The Bertz CT molecular complexity index is 270. The van der Waals surface area contributed by atoms with Gasteiger partial charge in [0.15, 0.2) is 6.10 Å². The van der Waals surface area contributed by atoms with E-state index in [1.54, 1.807) is 0 Å². The molecule has 0 amide bonds. The fourth-order valence-electron chi connectivity index (χ4n) is 2.72. The maximum absolute atomic E-state index is 11.5. The van der Waals surface area contributed by atoms with Gasteiger partial charge in [-0.1, -0.05) is 0 Å². The van der Waals surface area contributed by atoms with Gasteiger partial charge in [0.2, 0.25) is 0 Å². The molecule has 0 saturated carbocycles. The van der Waals surface area contributed by atoms with Gasteiger partial charge in [-0.3, -0.25) is 9.63 Å². The van der Waals surface area contributed by atoms with E-state index in [1.165, 1.54) is 0 Å². The number of rotatable bonds is 1. The lowest BCUT2D eigenvalue weighted by atomic mass is 9.93. The minimum atomic E-state index is -0.460. The van der Waals surface area contributed by atoms with Gasteiger partial charge in [-0.15, -0.1) is 0 Å². The van der Waals surface area contributed by atoms with Gasteiger partial charge in [0, 0.05) is 6.54 Å². The van der Waals surface area contributed by atoms with Gasteiger partial charge in [0.05, 0.1) is 12.6 Å². The van der Waals surface area contributed by atoms with Crippen LogP contribution in [0.2, 0.25) is 0 Å². The summed E-state index contributed by atoms with van der Waals surface area (Å²) in [5.74, 6) is -0.377. The Kier molecular flexibility index (Phi) is 1.80. The van der Waals surface area contributed by atoms with Crippen LogP contribution in [0.25, 0.3) is 0 Å². The number of nitrogens with zero attached hydrogens (tertiary/aromatic N) is 1. The molecule has 3 heterocycles. The van der Waals surface area contributed by atoms with Gasteiger partial charge < -0.3 is 9.84 Å². The van der Waals surface area contributed by atoms with Crippen molar-refractivity contribution in [1.82, 2.24) is 5.06 Å². The Hall–Kier alpha value is -0.650. The fourth-order valence-corrected chi connectivity index (χ4v) is 2.72. The number of cyclic esters (lactones) is 1. The second-order valence-electron chi connectivity index (χ2n) is 4.10. The Morgan fingerprint density at radius 3 is 3.21 bits per heavy atom. The molecule has 0 aromatic heterocycles. The number of hydroxylamine groups is 2. The molecule has 4 atom stereocenters. The van der Waals surface area contributed by atoms with Crippen LogP contribution < -0.4 is 0 Å². The molecule has 3 saturated heterocycles. The van der Waals surface area contributed by atoms with E-state index in [0.717, 1.165) is 19.4 Å². The van der Waals surface area contributed by atoms with Crippen LogP contribution in [0, 0.1) is 5.92 Å². The number of aliphatic hydroxyl groups is 1. The first-order chi connectivity index (χ1) is 6.81. The topological polar surface area (TPSA) is 59.0 Å². The number of ether oxygens (including phenoxy) is 1. The minimum Gasteiger partial charge on any atom is -0.457 e. The van der Waals surface area contributed by atoms with E-state index in [4.69, 9.17) is 14.7 Å². The van der Waals surface area contributed by atoms with Crippen molar-refractivity contribution in [2.45, 2.75) is 31.1 Å². The van der Waals surface area contributed by atoms with E-state index in [0.29, 0.717) is 0 Å². The van der Waals surface area contributed by atoms with Gasteiger partial charge in [-0.25, -0.2) is 0 Å². The number of fused-ring (bicyclic) bond motifs is 3. The second kappa shape index (κ2) is 2.92. The average molecular weight is 199 g/mol. The summed E-state index contributed by atoms with van der Waals surface area (Å²) in [6.07, 6.45) is 1.36. The summed E-state index contributed by atoms with van der Waals surface area (Å²) in [5, 5.41) is 10.9. The molecule has 3 aliphatic heterocycles. The van der Waals surface area contributed by atoms with E-state index in [1.807, 2.05) is 5.06 Å². The quantitative estimate of drug-likeness (QED) is 0.566. The van der Waals surface area contributed by atoms with Crippen molar-refractivity contribution in [2.24, 2.45) is 5.92 Å². The first kappa shape index (κ1) is 8.64. The van der Waals surface area contributed by atoms with Crippen LogP contribution in [-0.4, -0.2) is 47.5 Å². The summed E-state index contributed by atoms with van der Waals surface area (Å²) >= 11 is 0. The van der Waals surface area contributed by atoms with Crippen molar-refractivity contribution in [3.63, 3.8) is 0 Å². The molecule has 0 radical (unpaired) electrons. The standard InChI is InChI=1S/C9H13NO4/c11-4-6-8-7(9(12)13-6)5-2-1-3-10(5)14-8/h5-8,11H,1-4H2/t5-,6-,7-,8-/m1/s1. The summed E-state index contributed by atoms with van der Waals surface area (Å²) < 4.78 is 5.05. The molecule has 3 aliphatic rings. The van der Waals surface area contributed by atoms with Crippen LogP contribution in [-0.2, 0) is 14.4 Å². The zero-order chi connectivity index (χ0) is 9.71. The Morgan fingerprint density at radius 1 is 1.57 bits per heavy atom. The van der Waals surface area contributed by atoms with Crippen molar-refractivity contribution in [1.29, 1.82) is 0 Å². The molecule has 0 bridgehead atoms. The molecule has 14 heavy (non-hydrogen) atoms. The smallest absolute Gasteiger partial charge is 0.313 e. The van der Waals surface area contributed by atoms with Gasteiger partial charge in [-0.2, -0.15) is 5.06 Å². The van der Waals surface area contributed by atoms with Gasteiger partial charge >= 0.3 is 5.97 Å². The number of hydrogen-bond donors (Lipinski definition) is 1. The first-order valence-corrected chi connectivity index (χ1v) is 5.06. The molecule has 78 valence electrons. The zero-order valence-electron chi connectivity index (χ0n) is 7.76. The maximum Gasteiger partial charge on any atom is 0.313 e. The first-order valence-electron chi connectivity index (χ1n) is 5.06. The maximum atomic E-state index is 11.5. The summed E-state index contributed by atoms with van der Waals surface area (Å²) in [6, 6.07) is 0.184. The predicted molar refractivity (Wildman–Crippen MR) is 45.1 cm³/mol. The molecule has 0 aromatic rings. The van der Waals surface area contributed by atoms with Crippen LogP contribution in [0.15, 0.2) is 0 Å². The monoisotopic (exact) mass is 199 g/mol. The van der Waals surface area contributed by atoms with Crippen LogP contribution in [0.1, 0.15) is 12.8 Å². The Balaban J connectivity index is 1.86. The summed E-state index contributed by atoms with van der Waals surface area (Å²) in [7, 11) is 0. The third-order valence-electron chi connectivity index (χ3n) is 3.36. The molecular weight excluding hydrogens is 186 g/mol. The second-order valence-corrected chi connectivity index (χ2v) is 4.10. The molecule has 0 aliphatic carbocycles.